The molecular formula is C16H22Cl2FN. The van der Waals surface area contributed by atoms with E-state index in [2.05, 4.69) is 19.2 Å². The van der Waals surface area contributed by atoms with Crippen LogP contribution in [0, 0.1) is 17.7 Å². The van der Waals surface area contributed by atoms with E-state index in [0.29, 0.717) is 11.1 Å². The second kappa shape index (κ2) is 6.64. The molecule has 1 N–H and O–H groups in total. The molecule has 112 valence electrons. The lowest BCUT2D eigenvalue weighted by Gasteiger charge is -2.34. The van der Waals surface area contributed by atoms with Crippen molar-refractivity contribution in [1.82, 2.24) is 5.32 Å². The Labute approximate surface area is 130 Å². The van der Waals surface area contributed by atoms with Crippen molar-refractivity contribution in [3.05, 3.63) is 33.6 Å². The van der Waals surface area contributed by atoms with E-state index in [-0.39, 0.29) is 11.1 Å². The lowest BCUT2D eigenvalue weighted by molar-refractivity contribution is 0.217. The molecular weight excluding hydrogens is 296 g/mol. The normalized spacial score (nSPS) is 28.4. The van der Waals surface area contributed by atoms with Gasteiger partial charge in [-0.05, 0) is 55.7 Å². The zero-order valence-corrected chi connectivity index (χ0v) is 13.7. The van der Waals surface area contributed by atoms with E-state index in [1.807, 2.05) is 6.92 Å². The van der Waals surface area contributed by atoms with Crippen LogP contribution in [0.1, 0.15) is 51.6 Å². The molecule has 2 rings (SSSR count). The van der Waals surface area contributed by atoms with Crippen molar-refractivity contribution >= 4 is 23.2 Å². The quantitative estimate of drug-likeness (QED) is 0.715. The predicted molar refractivity (Wildman–Crippen MR) is 83.9 cm³/mol. The number of benzene rings is 1. The van der Waals surface area contributed by atoms with Gasteiger partial charge in [0.05, 0.1) is 5.02 Å². The predicted octanol–water partition coefficient (Wildman–Crippen LogP) is 5.61. The van der Waals surface area contributed by atoms with Crippen LogP contribution in [0.3, 0.4) is 0 Å². The minimum atomic E-state index is -0.412. The van der Waals surface area contributed by atoms with E-state index >= 15 is 0 Å². The van der Waals surface area contributed by atoms with Gasteiger partial charge < -0.3 is 5.32 Å². The van der Waals surface area contributed by atoms with Crippen LogP contribution in [0.4, 0.5) is 4.39 Å². The van der Waals surface area contributed by atoms with Gasteiger partial charge in [-0.25, -0.2) is 4.39 Å². The topological polar surface area (TPSA) is 12.0 Å². The van der Waals surface area contributed by atoms with Crippen LogP contribution in [0.2, 0.25) is 10.0 Å². The summed E-state index contributed by atoms with van der Waals surface area (Å²) in [6, 6.07) is 3.43. The van der Waals surface area contributed by atoms with Crippen LogP contribution in [0.25, 0.3) is 0 Å². The van der Waals surface area contributed by atoms with Gasteiger partial charge in [0, 0.05) is 17.1 Å². The summed E-state index contributed by atoms with van der Waals surface area (Å²) in [4.78, 5) is 0. The molecule has 1 saturated carbocycles. The molecule has 1 aliphatic carbocycles. The van der Waals surface area contributed by atoms with Gasteiger partial charge in [-0.3, -0.25) is 0 Å². The Balaban J connectivity index is 2.05. The van der Waals surface area contributed by atoms with Gasteiger partial charge in [0.2, 0.25) is 0 Å². The minimum Gasteiger partial charge on any atom is -0.307 e. The third-order valence-electron chi connectivity index (χ3n) is 4.59. The van der Waals surface area contributed by atoms with Crippen molar-refractivity contribution in [2.24, 2.45) is 11.8 Å². The molecule has 1 aromatic carbocycles. The smallest absolute Gasteiger partial charge is 0.142 e. The van der Waals surface area contributed by atoms with Crippen LogP contribution < -0.4 is 5.32 Å². The fourth-order valence-electron chi connectivity index (χ4n) is 3.01. The van der Waals surface area contributed by atoms with Crippen molar-refractivity contribution in [3.63, 3.8) is 0 Å². The SMILES string of the molecule is CC(NC1CCC(C)C(C)C1)c1cc(F)c(Cl)cc1Cl. The first-order valence-electron chi connectivity index (χ1n) is 7.29. The van der Waals surface area contributed by atoms with Crippen molar-refractivity contribution in [2.45, 2.75) is 52.1 Å². The molecule has 0 amide bonds. The van der Waals surface area contributed by atoms with Gasteiger partial charge in [0.25, 0.3) is 0 Å². The van der Waals surface area contributed by atoms with Crippen molar-refractivity contribution in [3.8, 4) is 0 Å². The monoisotopic (exact) mass is 317 g/mol. The highest BCUT2D eigenvalue weighted by molar-refractivity contribution is 6.35. The van der Waals surface area contributed by atoms with Gasteiger partial charge in [-0.2, -0.15) is 0 Å². The fraction of sp³-hybridized carbons (Fsp3) is 0.625. The molecule has 0 saturated heterocycles. The zero-order chi connectivity index (χ0) is 14.9. The van der Waals surface area contributed by atoms with Crippen molar-refractivity contribution in [2.75, 3.05) is 0 Å². The lowest BCUT2D eigenvalue weighted by atomic mass is 9.79. The van der Waals surface area contributed by atoms with E-state index < -0.39 is 5.82 Å². The molecule has 1 aliphatic rings. The number of hydrogen-bond acceptors (Lipinski definition) is 1. The number of hydrogen-bond donors (Lipinski definition) is 1. The first-order chi connectivity index (χ1) is 9.38. The average molecular weight is 318 g/mol. The van der Waals surface area contributed by atoms with Crippen molar-refractivity contribution < 1.29 is 4.39 Å². The summed E-state index contributed by atoms with van der Waals surface area (Å²) in [5, 5.41) is 4.18. The first-order valence-corrected chi connectivity index (χ1v) is 8.04. The fourth-order valence-corrected chi connectivity index (χ4v) is 3.56. The highest BCUT2D eigenvalue weighted by Gasteiger charge is 2.26. The molecule has 20 heavy (non-hydrogen) atoms. The van der Waals surface area contributed by atoms with Gasteiger partial charge in [-0.15, -0.1) is 0 Å². The largest absolute Gasteiger partial charge is 0.307 e. The maximum atomic E-state index is 13.6. The summed E-state index contributed by atoms with van der Waals surface area (Å²) in [6.07, 6.45) is 3.58. The zero-order valence-electron chi connectivity index (χ0n) is 12.2. The molecule has 4 heteroatoms. The van der Waals surface area contributed by atoms with Gasteiger partial charge in [0.15, 0.2) is 0 Å². The standard InChI is InChI=1S/C16H22Cl2FN/c1-9-4-5-12(6-10(9)2)20-11(3)13-7-16(19)15(18)8-14(13)17/h7-12,20H,4-6H2,1-3H3. The van der Waals surface area contributed by atoms with Crippen molar-refractivity contribution in [1.29, 1.82) is 0 Å². The Bertz CT molecular complexity index is 478. The Morgan fingerprint density at radius 1 is 1.15 bits per heavy atom. The molecule has 1 fully saturated rings. The summed E-state index contributed by atoms with van der Waals surface area (Å²) >= 11 is 11.9. The molecule has 4 unspecified atom stereocenters. The third-order valence-corrected chi connectivity index (χ3v) is 5.21. The Morgan fingerprint density at radius 2 is 1.85 bits per heavy atom. The summed E-state index contributed by atoms with van der Waals surface area (Å²) in [6.45, 7) is 6.64. The molecule has 0 heterocycles. The van der Waals surface area contributed by atoms with E-state index in [1.165, 1.54) is 31.4 Å². The van der Waals surface area contributed by atoms with Crippen LogP contribution in [-0.4, -0.2) is 6.04 Å². The molecule has 1 aromatic rings. The minimum absolute atomic E-state index is 0.0277. The Morgan fingerprint density at radius 3 is 2.50 bits per heavy atom. The molecule has 4 atom stereocenters. The molecule has 0 radical (unpaired) electrons. The third kappa shape index (κ3) is 3.66. The molecule has 0 aliphatic heterocycles. The van der Waals surface area contributed by atoms with Crippen LogP contribution >= 0.6 is 23.2 Å². The van der Waals surface area contributed by atoms with E-state index in [4.69, 9.17) is 23.2 Å². The lowest BCUT2D eigenvalue weighted by Crippen LogP contribution is -2.37. The van der Waals surface area contributed by atoms with E-state index in [1.54, 1.807) is 0 Å². The average Bonchev–Trinajstić information content (AvgIpc) is 2.38. The second-order valence-electron chi connectivity index (χ2n) is 6.14. The maximum absolute atomic E-state index is 13.6. The first kappa shape index (κ1) is 16.1. The van der Waals surface area contributed by atoms with Crippen LogP contribution in [0.5, 0.6) is 0 Å². The molecule has 0 spiro atoms. The Kier molecular flexibility index (Phi) is 5.33. The van der Waals surface area contributed by atoms with Gasteiger partial charge in [0.1, 0.15) is 5.82 Å². The van der Waals surface area contributed by atoms with E-state index in [9.17, 15) is 4.39 Å². The van der Waals surface area contributed by atoms with Gasteiger partial charge >= 0.3 is 0 Å². The molecule has 0 bridgehead atoms. The van der Waals surface area contributed by atoms with Crippen LogP contribution in [-0.2, 0) is 0 Å². The number of halogens is 3. The maximum Gasteiger partial charge on any atom is 0.142 e. The summed E-state index contributed by atoms with van der Waals surface area (Å²) in [7, 11) is 0. The summed E-state index contributed by atoms with van der Waals surface area (Å²) in [5.41, 5.74) is 0.778. The molecule has 0 aromatic heterocycles. The Hall–Kier alpha value is -0.310. The highest BCUT2D eigenvalue weighted by atomic mass is 35.5. The summed E-state index contributed by atoms with van der Waals surface area (Å²) < 4.78 is 13.6. The molecule has 1 nitrogen and oxygen atoms in total. The van der Waals surface area contributed by atoms with Gasteiger partial charge in [-0.1, -0.05) is 37.0 Å². The van der Waals surface area contributed by atoms with Crippen LogP contribution in [0.15, 0.2) is 12.1 Å². The number of nitrogens with one attached hydrogen (secondary N) is 1. The summed E-state index contributed by atoms with van der Waals surface area (Å²) in [5.74, 6) is 1.11. The number of rotatable bonds is 3. The second-order valence-corrected chi connectivity index (χ2v) is 6.96. The van der Waals surface area contributed by atoms with E-state index in [0.717, 1.165) is 17.4 Å². The highest BCUT2D eigenvalue weighted by Crippen LogP contribution is 2.33.